The number of nitrogens with two attached hydrogens (primary N) is 1. The fourth-order valence-corrected chi connectivity index (χ4v) is 3.09. The first-order valence-corrected chi connectivity index (χ1v) is 8.59. The Morgan fingerprint density at radius 3 is 2.43 bits per heavy atom. The van der Waals surface area contributed by atoms with Gasteiger partial charge in [-0.25, -0.2) is 0 Å². The number of nitrogen functional groups attached to an aromatic ring is 1. The second-order valence-electron chi connectivity index (χ2n) is 6.30. The topological polar surface area (TPSA) is 38.5 Å². The first-order chi connectivity index (χ1) is 11.3. The van der Waals surface area contributed by atoms with Crippen molar-refractivity contribution < 1.29 is 4.74 Å². The molecule has 3 nitrogen and oxygen atoms in total. The van der Waals surface area contributed by atoms with Crippen LogP contribution in [0.1, 0.15) is 30.4 Å². The summed E-state index contributed by atoms with van der Waals surface area (Å²) in [6.07, 6.45) is 5.13. The minimum Gasteiger partial charge on any atom is -0.487 e. The van der Waals surface area contributed by atoms with Gasteiger partial charge in [0, 0.05) is 6.54 Å². The predicted molar refractivity (Wildman–Crippen MR) is 95.6 cm³/mol. The number of benzene rings is 2. The Labute approximate surface area is 139 Å². The van der Waals surface area contributed by atoms with E-state index in [1.54, 1.807) is 0 Å². The molecule has 0 radical (unpaired) electrons. The van der Waals surface area contributed by atoms with Crippen LogP contribution in [0, 0.1) is 0 Å². The standard InChI is InChI=1S/C20H26N2O/c21-19-15-17(11-14-22-12-5-2-6-13-22)9-10-20(19)23-16-18-7-3-1-4-8-18/h1,3-4,7-10,15H,2,5-6,11-14,16,21H2. The summed E-state index contributed by atoms with van der Waals surface area (Å²) >= 11 is 0. The lowest BCUT2D eigenvalue weighted by molar-refractivity contribution is 0.231. The van der Waals surface area contributed by atoms with Gasteiger partial charge in [-0.15, -0.1) is 0 Å². The first kappa shape index (κ1) is 15.9. The Kier molecular flexibility index (Phi) is 5.54. The number of nitrogens with zero attached hydrogens (tertiary/aromatic N) is 1. The number of likely N-dealkylation sites (tertiary alicyclic amines) is 1. The summed E-state index contributed by atoms with van der Waals surface area (Å²) < 4.78 is 5.84. The van der Waals surface area contributed by atoms with Crippen LogP contribution in [0.25, 0.3) is 0 Å². The number of ether oxygens (including phenoxy) is 1. The fourth-order valence-electron chi connectivity index (χ4n) is 3.09. The zero-order valence-corrected chi connectivity index (χ0v) is 13.7. The second kappa shape index (κ2) is 8.02. The normalized spacial score (nSPS) is 15.5. The van der Waals surface area contributed by atoms with Crippen molar-refractivity contribution in [1.29, 1.82) is 0 Å². The summed E-state index contributed by atoms with van der Waals surface area (Å²) in [5, 5.41) is 0. The van der Waals surface area contributed by atoms with Crippen molar-refractivity contribution in [3.05, 3.63) is 59.7 Å². The van der Waals surface area contributed by atoms with E-state index >= 15 is 0 Å². The minimum atomic E-state index is 0.554. The van der Waals surface area contributed by atoms with Gasteiger partial charge in [-0.3, -0.25) is 0 Å². The number of hydrogen-bond acceptors (Lipinski definition) is 3. The first-order valence-electron chi connectivity index (χ1n) is 8.59. The average molecular weight is 310 g/mol. The molecule has 1 aliphatic rings. The van der Waals surface area contributed by atoms with Crippen LogP contribution in [-0.4, -0.2) is 24.5 Å². The SMILES string of the molecule is Nc1cc(CCN2CCCCC2)ccc1OCc1ccccc1. The molecule has 0 unspecified atom stereocenters. The summed E-state index contributed by atoms with van der Waals surface area (Å²) in [4.78, 5) is 2.56. The van der Waals surface area contributed by atoms with Crippen molar-refractivity contribution in [2.45, 2.75) is 32.3 Å². The molecular formula is C20H26N2O. The monoisotopic (exact) mass is 310 g/mol. The minimum absolute atomic E-state index is 0.554. The van der Waals surface area contributed by atoms with Crippen LogP contribution in [0.2, 0.25) is 0 Å². The van der Waals surface area contributed by atoms with E-state index in [0.717, 1.165) is 30.0 Å². The fraction of sp³-hybridized carbons (Fsp3) is 0.400. The van der Waals surface area contributed by atoms with Crippen molar-refractivity contribution in [1.82, 2.24) is 4.90 Å². The molecule has 122 valence electrons. The summed E-state index contributed by atoms with van der Waals surface area (Å²) in [7, 11) is 0. The Morgan fingerprint density at radius 2 is 1.70 bits per heavy atom. The van der Waals surface area contributed by atoms with Crippen molar-refractivity contribution >= 4 is 5.69 Å². The van der Waals surface area contributed by atoms with Gasteiger partial charge in [0.25, 0.3) is 0 Å². The van der Waals surface area contributed by atoms with E-state index in [1.165, 1.54) is 37.9 Å². The molecule has 0 amide bonds. The largest absolute Gasteiger partial charge is 0.487 e. The van der Waals surface area contributed by atoms with E-state index in [0.29, 0.717) is 6.61 Å². The molecule has 2 aromatic carbocycles. The van der Waals surface area contributed by atoms with Gasteiger partial charge in [0.1, 0.15) is 12.4 Å². The third-order valence-electron chi connectivity index (χ3n) is 4.48. The molecule has 23 heavy (non-hydrogen) atoms. The summed E-state index contributed by atoms with van der Waals surface area (Å²) in [6.45, 7) is 4.17. The Morgan fingerprint density at radius 1 is 0.913 bits per heavy atom. The van der Waals surface area contributed by atoms with Gasteiger partial charge >= 0.3 is 0 Å². The summed E-state index contributed by atoms with van der Waals surface area (Å²) in [6, 6.07) is 16.4. The van der Waals surface area contributed by atoms with Crippen LogP contribution in [0.5, 0.6) is 5.75 Å². The van der Waals surface area contributed by atoms with E-state index in [2.05, 4.69) is 29.2 Å². The zero-order valence-electron chi connectivity index (χ0n) is 13.7. The summed E-state index contributed by atoms with van der Waals surface area (Å²) in [5.74, 6) is 0.774. The lowest BCUT2D eigenvalue weighted by atomic mass is 10.1. The molecule has 0 atom stereocenters. The van der Waals surface area contributed by atoms with Gasteiger partial charge in [0.15, 0.2) is 0 Å². The van der Waals surface area contributed by atoms with E-state index in [9.17, 15) is 0 Å². The highest BCUT2D eigenvalue weighted by Gasteiger charge is 2.10. The van der Waals surface area contributed by atoms with Crippen LogP contribution in [-0.2, 0) is 13.0 Å². The van der Waals surface area contributed by atoms with Crippen molar-refractivity contribution in [3.8, 4) is 5.75 Å². The molecule has 3 rings (SSSR count). The van der Waals surface area contributed by atoms with Gasteiger partial charge < -0.3 is 15.4 Å². The van der Waals surface area contributed by atoms with Crippen molar-refractivity contribution in [3.63, 3.8) is 0 Å². The van der Waals surface area contributed by atoms with Crippen molar-refractivity contribution in [2.24, 2.45) is 0 Å². The molecule has 3 heteroatoms. The highest BCUT2D eigenvalue weighted by atomic mass is 16.5. The molecule has 0 aliphatic carbocycles. The highest BCUT2D eigenvalue weighted by molar-refractivity contribution is 5.54. The maximum Gasteiger partial charge on any atom is 0.142 e. The second-order valence-corrected chi connectivity index (χ2v) is 6.30. The van der Waals surface area contributed by atoms with Gasteiger partial charge in [-0.05, 0) is 55.6 Å². The molecule has 0 spiro atoms. The number of rotatable bonds is 6. The van der Waals surface area contributed by atoms with E-state index in [-0.39, 0.29) is 0 Å². The molecule has 1 aliphatic heterocycles. The maximum absolute atomic E-state index is 6.16. The smallest absolute Gasteiger partial charge is 0.142 e. The van der Waals surface area contributed by atoms with Crippen LogP contribution >= 0.6 is 0 Å². The quantitative estimate of drug-likeness (QED) is 0.823. The number of anilines is 1. The van der Waals surface area contributed by atoms with Gasteiger partial charge in [0.2, 0.25) is 0 Å². The maximum atomic E-state index is 6.16. The van der Waals surface area contributed by atoms with Gasteiger partial charge in [0.05, 0.1) is 5.69 Å². The Hall–Kier alpha value is -2.00. The lowest BCUT2D eigenvalue weighted by Crippen LogP contribution is -2.31. The van der Waals surface area contributed by atoms with Crippen molar-refractivity contribution in [2.75, 3.05) is 25.4 Å². The molecule has 0 bridgehead atoms. The third-order valence-corrected chi connectivity index (χ3v) is 4.48. The Bertz CT molecular complexity index is 606. The number of hydrogen-bond donors (Lipinski definition) is 1. The van der Waals surface area contributed by atoms with Crippen LogP contribution < -0.4 is 10.5 Å². The molecule has 2 aromatic rings. The lowest BCUT2D eigenvalue weighted by Gasteiger charge is -2.26. The number of piperidine rings is 1. The highest BCUT2D eigenvalue weighted by Crippen LogP contribution is 2.24. The zero-order chi connectivity index (χ0) is 15.9. The molecule has 2 N–H and O–H groups in total. The van der Waals surface area contributed by atoms with Crippen LogP contribution in [0.15, 0.2) is 48.5 Å². The molecule has 0 saturated carbocycles. The summed E-state index contributed by atoms with van der Waals surface area (Å²) in [5.41, 5.74) is 9.33. The molecule has 0 aromatic heterocycles. The third kappa shape index (κ3) is 4.73. The molecule has 1 saturated heterocycles. The molecule has 1 fully saturated rings. The molecule has 1 heterocycles. The van der Waals surface area contributed by atoms with Gasteiger partial charge in [-0.1, -0.05) is 42.8 Å². The van der Waals surface area contributed by atoms with Gasteiger partial charge in [-0.2, -0.15) is 0 Å². The van der Waals surface area contributed by atoms with Crippen LogP contribution in [0.3, 0.4) is 0 Å². The molecular weight excluding hydrogens is 284 g/mol. The van der Waals surface area contributed by atoms with E-state index < -0.39 is 0 Å². The van der Waals surface area contributed by atoms with Crippen LogP contribution in [0.4, 0.5) is 5.69 Å². The Balaban J connectivity index is 1.52. The average Bonchev–Trinajstić information content (AvgIpc) is 2.61. The predicted octanol–water partition coefficient (Wildman–Crippen LogP) is 3.88. The van der Waals surface area contributed by atoms with E-state index in [1.807, 2.05) is 24.3 Å². The van der Waals surface area contributed by atoms with E-state index in [4.69, 9.17) is 10.5 Å².